The molecule has 0 radical (unpaired) electrons. The van der Waals surface area contributed by atoms with Crippen LogP contribution in [-0.2, 0) is 0 Å². The molecule has 0 bridgehead atoms. The van der Waals surface area contributed by atoms with Gasteiger partial charge in [-0.15, -0.1) is 0 Å². The Morgan fingerprint density at radius 3 is 2.89 bits per heavy atom. The van der Waals surface area contributed by atoms with E-state index < -0.39 is 0 Å². The van der Waals surface area contributed by atoms with Gasteiger partial charge in [-0.2, -0.15) is 0 Å². The van der Waals surface area contributed by atoms with Crippen molar-refractivity contribution >= 4 is 16.7 Å². The van der Waals surface area contributed by atoms with E-state index in [1.165, 1.54) is 0 Å². The highest BCUT2D eigenvalue weighted by molar-refractivity contribution is 5.85. The summed E-state index contributed by atoms with van der Waals surface area (Å²) in [6.45, 7) is 4.97. The van der Waals surface area contributed by atoms with Crippen molar-refractivity contribution in [2.75, 3.05) is 12.3 Å². The lowest BCUT2D eigenvalue weighted by Crippen LogP contribution is -1.98. The Morgan fingerprint density at radius 2 is 2.11 bits per heavy atom. The van der Waals surface area contributed by atoms with Gasteiger partial charge in [0, 0.05) is 5.39 Å². The molecule has 2 rings (SSSR count). The van der Waals surface area contributed by atoms with Crippen LogP contribution < -0.4 is 10.5 Å². The van der Waals surface area contributed by atoms with Crippen molar-refractivity contribution in [1.29, 1.82) is 0 Å². The van der Waals surface area contributed by atoms with Gasteiger partial charge in [-0.3, -0.25) is 0 Å². The summed E-state index contributed by atoms with van der Waals surface area (Å²) in [4.78, 5) is 4.34. The summed E-state index contributed by atoms with van der Waals surface area (Å²) in [5.41, 5.74) is 6.55. The minimum Gasteiger partial charge on any atom is -0.491 e. The summed E-state index contributed by atoms with van der Waals surface area (Å²) in [5.74, 6) is 1.89. The molecule has 1 heterocycles. The Bertz CT molecular complexity index is 576. The van der Waals surface area contributed by atoms with Crippen molar-refractivity contribution in [2.45, 2.75) is 20.3 Å². The molecule has 0 atom stereocenters. The maximum absolute atomic E-state index is 5.79. The molecular weight excluding hydrogens is 236 g/mol. The molecule has 100 valence electrons. The number of fused-ring (bicyclic) bond motifs is 1. The smallest absolute Gasteiger partial charge is 0.145 e. The molecule has 3 nitrogen and oxygen atoms in total. The van der Waals surface area contributed by atoms with Crippen molar-refractivity contribution in [3.8, 4) is 5.75 Å². The van der Waals surface area contributed by atoms with Gasteiger partial charge in [-0.25, -0.2) is 4.98 Å². The van der Waals surface area contributed by atoms with Crippen molar-refractivity contribution < 1.29 is 4.74 Å². The van der Waals surface area contributed by atoms with Crippen LogP contribution in [0.2, 0.25) is 0 Å². The van der Waals surface area contributed by atoms with Crippen LogP contribution in [0.1, 0.15) is 20.3 Å². The van der Waals surface area contributed by atoms with E-state index in [9.17, 15) is 0 Å². The third kappa shape index (κ3) is 3.71. The summed E-state index contributed by atoms with van der Waals surface area (Å²) >= 11 is 0. The number of pyridine rings is 1. The van der Waals surface area contributed by atoms with E-state index in [2.05, 4.69) is 31.0 Å². The van der Waals surface area contributed by atoms with Crippen LogP contribution in [0, 0.1) is 5.92 Å². The first kappa shape index (κ1) is 13.4. The number of nitrogen functional groups attached to an aromatic ring is 1. The van der Waals surface area contributed by atoms with E-state index in [0.29, 0.717) is 18.3 Å². The number of nitrogens with two attached hydrogens (primary N) is 1. The molecular formula is C16H20N2O. The fourth-order valence-electron chi connectivity index (χ4n) is 1.86. The number of rotatable bonds is 5. The monoisotopic (exact) mass is 256 g/mol. The van der Waals surface area contributed by atoms with Crippen molar-refractivity contribution in [1.82, 2.24) is 4.98 Å². The van der Waals surface area contributed by atoms with Gasteiger partial charge in [0.05, 0.1) is 6.61 Å². The number of benzene rings is 1. The summed E-state index contributed by atoms with van der Waals surface area (Å²) < 4.78 is 5.79. The zero-order valence-corrected chi connectivity index (χ0v) is 11.5. The van der Waals surface area contributed by atoms with Gasteiger partial charge in [-0.05, 0) is 30.5 Å². The van der Waals surface area contributed by atoms with E-state index in [-0.39, 0.29) is 0 Å². The molecule has 19 heavy (non-hydrogen) atoms. The number of aromatic nitrogens is 1. The van der Waals surface area contributed by atoms with Crippen molar-refractivity contribution in [3.63, 3.8) is 0 Å². The minimum absolute atomic E-state index is 0.517. The highest BCUT2D eigenvalue weighted by atomic mass is 16.5. The Balaban J connectivity index is 2.06. The molecule has 0 saturated heterocycles. The minimum atomic E-state index is 0.517. The van der Waals surface area contributed by atoms with Gasteiger partial charge < -0.3 is 10.5 Å². The fraction of sp³-hybridized carbons (Fsp3) is 0.312. The molecule has 1 aromatic heterocycles. The van der Waals surface area contributed by atoms with Gasteiger partial charge in [0.2, 0.25) is 0 Å². The fourth-order valence-corrected chi connectivity index (χ4v) is 1.86. The van der Waals surface area contributed by atoms with Gasteiger partial charge in [0.15, 0.2) is 0 Å². The first-order valence-electron chi connectivity index (χ1n) is 6.61. The van der Waals surface area contributed by atoms with Crippen molar-refractivity contribution in [2.24, 2.45) is 5.92 Å². The normalized spacial score (nSPS) is 11.5. The molecule has 2 N–H and O–H groups in total. The number of allylic oxidation sites excluding steroid dienone is 1. The quantitative estimate of drug-likeness (QED) is 0.654. The van der Waals surface area contributed by atoms with Crippen LogP contribution in [0.25, 0.3) is 10.9 Å². The third-order valence-electron chi connectivity index (χ3n) is 2.77. The number of hydrogen-bond acceptors (Lipinski definition) is 3. The SMILES string of the molecule is CC(C)C=CCCOc1cccc2ccc(N)nc12. The van der Waals surface area contributed by atoms with Crippen LogP contribution in [0.4, 0.5) is 5.82 Å². The molecule has 0 aliphatic rings. The maximum atomic E-state index is 5.79. The largest absolute Gasteiger partial charge is 0.491 e. The average Bonchev–Trinajstić information content (AvgIpc) is 2.38. The molecule has 0 fully saturated rings. The van der Waals surface area contributed by atoms with Crippen LogP contribution >= 0.6 is 0 Å². The van der Waals surface area contributed by atoms with Gasteiger partial charge in [0.1, 0.15) is 17.1 Å². The Kier molecular flexibility index (Phi) is 4.39. The molecule has 0 saturated carbocycles. The van der Waals surface area contributed by atoms with Crippen LogP contribution in [0.15, 0.2) is 42.5 Å². The molecule has 0 amide bonds. The Labute approximate surface area is 114 Å². The maximum Gasteiger partial charge on any atom is 0.145 e. The number of hydrogen-bond donors (Lipinski definition) is 1. The zero-order valence-electron chi connectivity index (χ0n) is 11.5. The number of para-hydroxylation sites is 1. The predicted octanol–water partition coefficient (Wildman–Crippen LogP) is 3.80. The van der Waals surface area contributed by atoms with E-state index in [1.807, 2.05) is 24.3 Å². The lowest BCUT2D eigenvalue weighted by atomic mass is 10.2. The lowest BCUT2D eigenvalue weighted by molar-refractivity contribution is 0.328. The van der Waals surface area contributed by atoms with Crippen molar-refractivity contribution in [3.05, 3.63) is 42.5 Å². The molecule has 0 spiro atoms. The van der Waals surface area contributed by atoms with Gasteiger partial charge >= 0.3 is 0 Å². The molecule has 0 unspecified atom stereocenters. The number of nitrogens with zero attached hydrogens (tertiary/aromatic N) is 1. The second-order valence-electron chi connectivity index (χ2n) is 4.87. The first-order valence-corrected chi connectivity index (χ1v) is 6.61. The molecule has 0 aliphatic heterocycles. The molecule has 1 aromatic carbocycles. The van der Waals surface area contributed by atoms with Crippen LogP contribution in [0.5, 0.6) is 5.75 Å². The van der Waals surface area contributed by atoms with E-state index >= 15 is 0 Å². The first-order chi connectivity index (χ1) is 9.16. The van der Waals surface area contributed by atoms with E-state index in [1.54, 1.807) is 6.07 Å². The number of anilines is 1. The molecule has 2 aromatic rings. The van der Waals surface area contributed by atoms with E-state index in [0.717, 1.165) is 23.1 Å². The lowest BCUT2D eigenvalue weighted by Gasteiger charge is -2.08. The average molecular weight is 256 g/mol. The zero-order chi connectivity index (χ0) is 13.7. The topological polar surface area (TPSA) is 48.1 Å². The van der Waals surface area contributed by atoms with Gasteiger partial charge in [0.25, 0.3) is 0 Å². The Hall–Kier alpha value is -2.03. The Morgan fingerprint density at radius 1 is 1.26 bits per heavy atom. The molecule has 3 heteroatoms. The van der Waals surface area contributed by atoms with E-state index in [4.69, 9.17) is 10.5 Å². The molecule has 0 aliphatic carbocycles. The summed E-state index contributed by atoms with van der Waals surface area (Å²) in [5, 5.41) is 1.05. The second kappa shape index (κ2) is 6.23. The second-order valence-corrected chi connectivity index (χ2v) is 4.87. The predicted molar refractivity (Wildman–Crippen MR) is 80.2 cm³/mol. The standard InChI is InChI=1S/C16H20N2O/c1-12(2)6-3-4-11-19-14-8-5-7-13-9-10-15(17)18-16(13)14/h3,5-10,12H,4,11H2,1-2H3,(H2,17,18). The van der Waals surface area contributed by atoms with Gasteiger partial charge in [-0.1, -0.05) is 38.1 Å². The highest BCUT2D eigenvalue weighted by Gasteiger charge is 2.03. The third-order valence-corrected chi connectivity index (χ3v) is 2.77. The van der Waals surface area contributed by atoms with Crippen LogP contribution in [0.3, 0.4) is 0 Å². The van der Waals surface area contributed by atoms with Crippen LogP contribution in [-0.4, -0.2) is 11.6 Å². The summed E-state index contributed by atoms with van der Waals surface area (Å²) in [7, 11) is 0. The summed E-state index contributed by atoms with van der Waals surface area (Å²) in [6, 6.07) is 9.68. The summed E-state index contributed by atoms with van der Waals surface area (Å²) in [6.07, 6.45) is 5.23. The number of ether oxygens (including phenoxy) is 1. The highest BCUT2D eigenvalue weighted by Crippen LogP contribution is 2.24.